The van der Waals surface area contributed by atoms with Crippen LogP contribution in [0, 0.1) is 6.92 Å². The minimum absolute atomic E-state index is 0.0176. The summed E-state index contributed by atoms with van der Waals surface area (Å²) >= 11 is 9.42. The summed E-state index contributed by atoms with van der Waals surface area (Å²) in [6.45, 7) is 4.89. The minimum Gasteiger partial charge on any atom is -0.345 e. The number of thiazole rings is 2. The van der Waals surface area contributed by atoms with Crippen LogP contribution in [0.3, 0.4) is 0 Å². The number of hydrogen-bond acceptors (Lipinski definition) is 6. The van der Waals surface area contributed by atoms with Crippen LogP contribution >= 0.6 is 34.3 Å². The molecule has 4 aromatic rings. The maximum atomic E-state index is 12.9. The Balaban J connectivity index is 1.33. The molecule has 5 nitrogen and oxygen atoms in total. The summed E-state index contributed by atoms with van der Waals surface area (Å²) in [4.78, 5) is 26.3. The first kappa shape index (κ1) is 17.8. The summed E-state index contributed by atoms with van der Waals surface area (Å²) in [5, 5.41) is 2.28. The van der Waals surface area contributed by atoms with Gasteiger partial charge in [0, 0.05) is 26.2 Å². The van der Waals surface area contributed by atoms with Crippen molar-refractivity contribution in [2.45, 2.75) is 6.92 Å². The van der Waals surface area contributed by atoms with Gasteiger partial charge in [-0.1, -0.05) is 41.1 Å². The number of aryl methyl sites for hydroxylation is 1. The van der Waals surface area contributed by atoms with E-state index in [1.165, 1.54) is 11.3 Å². The third-order valence-electron chi connectivity index (χ3n) is 5.00. The van der Waals surface area contributed by atoms with E-state index in [4.69, 9.17) is 16.6 Å². The Morgan fingerprint density at radius 2 is 1.82 bits per heavy atom. The van der Waals surface area contributed by atoms with E-state index >= 15 is 0 Å². The maximum Gasteiger partial charge on any atom is 0.282 e. The number of amides is 1. The van der Waals surface area contributed by atoms with Crippen molar-refractivity contribution in [2.24, 2.45) is 0 Å². The number of hydrogen-bond donors (Lipinski definition) is 0. The summed E-state index contributed by atoms with van der Waals surface area (Å²) in [6.07, 6.45) is 0. The molecule has 1 amide bonds. The summed E-state index contributed by atoms with van der Waals surface area (Å²) < 4.78 is 2.08. The highest BCUT2D eigenvalue weighted by Crippen LogP contribution is 2.36. The molecule has 1 fully saturated rings. The first-order valence-electron chi connectivity index (χ1n) is 9.05. The largest absolute Gasteiger partial charge is 0.345 e. The maximum absolute atomic E-state index is 12.9. The lowest BCUT2D eigenvalue weighted by molar-refractivity contribution is 0.0746. The lowest BCUT2D eigenvalue weighted by atomic mass is 10.2. The van der Waals surface area contributed by atoms with Crippen molar-refractivity contribution in [1.29, 1.82) is 0 Å². The van der Waals surface area contributed by atoms with Gasteiger partial charge < -0.3 is 9.80 Å². The predicted octanol–water partition coefficient (Wildman–Crippen LogP) is 4.83. The van der Waals surface area contributed by atoms with Crippen molar-refractivity contribution in [3.05, 3.63) is 52.0 Å². The summed E-state index contributed by atoms with van der Waals surface area (Å²) in [5.41, 5.74) is 2.99. The van der Waals surface area contributed by atoms with Crippen molar-refractivity contribution in [2.75, 3.05) is 31.1 Å². The van der Waals surface area contributed by atoms with Gasteiger partial charge in [-0.2, -0.15) is 0 Å². The van der Waals surface area contributed by atoms with Crippen LogP contribution in [0.5, 0.6) is 0 Å². The standard InChI is InChI=1S/C20H17ClN4OS2/c1-12-6-7-13(21)17-16(12)23-20(28-17)25-10-8-24(9-11-25)19(26)18-22-14-4-2-3-5-15(14)27-18/h2-7H,8-11H2,1H3. The van der Waals surface area contributed by atoms with Gasteiger partial charge in [0.25, 0.3) is 5.91 Å². The van der Waals surface area contributed by atoms with Gasteiger partial charge in [-0.25, -0.2) is 9.97 Å². The van der Waals surface area contributed by atoms with Crippen LogP contribution in [0.1, 0.15) is 15.4 Å². The van der Waals surface area contributed by atoms with Crippen molar-refractivity contribution >= 4 is 65.7 Å². The molecule has 0 spiro atoms. The number of halogens is 1. The van der Waals surface area contributed by atoms with Crippen molar-refractivity contribution in [1.82, 2.24) is 14.9 Å². The SMILES string of the molecule is Cc1ccc(Cl)c2sc(N3CCN(C(=O)c4nc5ccccc5s4)CC3)nc12. The molecule has 0 bridgehead atoms. The average molecular weight is 429 g/mol. The molecule has 142 valence electrons. The van der Waals surface area contributed by atoms with Gasteiger partial charge in [0.1, 0.15) is 0 Å². The number of nitrogens with zero attached hydrogens (tertiary/aromatic N) is 4. The molecular weight excluding hydrogens is 412 g/mol. The Morgan fingerprint density at radius 1 is 1.04 bits per heavy atom. The predicted molar refractivity (Wildman–Crippen MR) is 117 cm³/mol. The Labute approximate surface area is 175 Å². The number of fused-ring (bicyclic) bond motifs is 2. The summed E-state index contributed by atoms with van der Waals surface area (Å²) in [5.74, 6) is 0.0176. The molecule has 2 aromatic carbocycles. The summed E-state index contributed by atoms with van der Waals surface area (Å²) in [6, 6.07) is 11.8. The van der Waals surface area contributed by atoms with Gasteiger partial charge >= 0.3 is 0 Å². The van der Waals surface area contributed by atoms with Gasteiger partial charge in [-0.15, -0.1) is 11.3 Å². The van der Waals surface area contributed by atoms with Gasteiger partial charge in [0.15, 0.2) is 10.1 Å². The number of carbonyl (C=O) groups is 1. The van der Waals surface area contributed by atoms with Crippen LogP contribution in [0.4, 0.5) is 5.13 Å². The van der Waals surface area contributed by atoms with E-state index < -0.39 is 0 Å². The Kier molecular flexibility index (Phi) is 4.45. The van der Waals surface area contributed by atoms with E-state index in [0.29, 0.717) is 18.1 Å². The quantitative estimate of drug-likeness (QED) is 0.458. The Hall–Kier alpha value is -2.22. The zero-order valence-corrected chi connectivity index (χ0v) is 17.6. The highest BCUT2D eigenvalue weighted by Gasteiger charge is 2.26. The van der Waals surface area contributed by atoms with Crippen molar-refractivity contribution < 1.29 is 4.79 Å². The highest BCUT2D eigenvalue weighted by molar-refractivity contribution is 7.22. The van der Waals surface area contributed by atoms with E-state index in [9.17, 15) is 4.79 Å². The topological polar surface area (TPSA) is 49.3 Å². The minimum atomic E-state index is 0.0176. The Bertz CT molecular complexity index is 1120. The zero-order chi connectivity index (χ0) is 19.3. The molecule has 0 atom stereocenters. The Morgan fingerprint density at radius 3 is 2.57 bits per heavy atom. The van der Waals surface area contributed by atoms with Crippen LogP contribution in [0.15, 0.2) is 36.4 Å². The molecular formula is C20H17ClN4OS2. The van der Waals surface area contributed by atoms with Crippen LogP contribution in [-0.4, -0.2) is 47.0 Å². The lowest BCUT2D eigenvalue weighted by Gasteiger charge is -2.34. The third-order valence-corrected chi connectivity index (χ3v) is 7.60. The van der Waals surface area contributed by atoms with Gasteiger partial charge in [-0.05, 0) is 30.7 Å². The normalized spacial score (nSPS) is 14.9. The fourth-order valence-electron chi connectivity index (χ4n) is 3.43. The van der Waals surface area contributed by atoms with E-state index in [-0.39, 0.29) is 5.91 Å². The third kappa shape index (κ3) is 3.03. The van der Waals surface area contributed by atoms with Gasteiger partial charge in [-0.3, -0.25) is 4.79 Å². The van der Waals surface area contributed by atoms with Crippen LogP contribution < -0.4 is 4.90 Å². The molecule has 28 heavy (non-hydrogen) atoms. The number of rotatable bonds is 2. The number of carbonyl (C=O) groups excluding carboxylic acids is 1. The highest BCUT2D eigenvalue weighted by atomic mass is 35.5. The second kappa shape index (κ2) is 6.99. The molecule has 1 aliphatic heterocycles. The van der Waals surface area contributed by atoms with E-state index in [1.807, 2.05) is 41.3 Å². The molecule has 0 aliphatic carbocycles. The second-order valence-corrected chi connectivity index (χ2v) is 9.22. The van der Waals surface area contributed by atoms with Crippen molar-refractivity contribution in [3.63, 3.8) is 0 Å². The molecule has 0 N–H and O–H groups in total. The van der Waals surface area contributed by atoms with E-state index in [0.717, 1.165) is 49.2 Å². The lowest BCUT2D eigenvalue weighted by Crippen LogP contribution is -2.48. The number of benzene rings is 2. The van der Waals surface area contributed by atoms with E-state index in [2.05, 4.69) is 16.8 Å². The average Bonchev–Trinajstić information content (AvgIpc) is 3.36. The first-order chi connectivity index (χ1) is 13.6. The number of piperazine rings is 1. The molecule has 8 heteroatoms. The van der Waals surface area contributed by atoms with Crippen molar-refractivity contribution in [3.8, 4) is 0 Å². The fourth-order valence-corrected chi connectivity index (χ4v) is 5.73. The zero-order valence-electron chi connectivity index (χ0n) is 15.2. The molecule has 0 saturated carbocycles. The monoisotopic (exact) mass is 428 g/mol. The van der Waals surface area contributed by atoms with Gasteiger partial charge in [0.2, 0.25) is 0 Å². The second-order valence-electron chi connectivity index (χ2n) is 6.80. The smallest absolute Gasteiger partial charge is 0.282 e. The van der Waals surface area contributed by atoms with Crippen LogP contribution in [-0.2, 0) is 0 Å². The number of para-hydroxylation sites is 1. The number of aromatic nitrogens is 2. The molecule has 2 aromatic heterocycles. The molecule has 5 rings (SSSR count). The molecule has 0 unspecified atom stereocenters. The molecule has 0 radical (unpaired) electrons. The van der Waals surface area contributed by atoms with E-state index in [1.54, 1.807) is 11.3 Å². The number of anilines is 1. The molecule has 1 saturated heterocycles. The molecule has 3 heterocycles. The van der Waals surface area contributed by atoms with Gasteiger partial charge in [0.05, 0.1) is 25.5 Å². The van der Waals surface area contributed by atoms with Crippen LogP contribution in [0.2, 0.25) is 5.02 Å². The van der Waals surface area contributed by atoms with Crippen LogP contribution in [0.25, 0.3) is 20.4 Å². The summed E-state index contributed by atoms with van der Waals surface area (Å²) in [7, 11) is 0. The fraction of sp³-hybridized carbons (Fsp3) is 0.250. The molecule has 1 aliphatic rings. The first-order valence-corrected chi connectivity index (χ1v) is 11.1.